The summed E-state index contributed by atoms with van der Waals surface area (Å²) in [6.45, 7) is 1.96. The van der Waals surface area contributed by atoms with Crippen LogP contribution in [0.1, 0.15) is 40.4 Å². The molecule has 3 rings (SSSR count). The Hall–Kier alpha value is -2.66. The van der Waals surface area contributed by atoms with Gasteiger partial charge in [-0.3, -0.25) is 9.59 Å². The molecule has 0 aliphatic carbocycles. The Bertz CT molecular complexity index is 722. The zero-order chi connectivity index (χ0) is 17.6. The number of hydrogen-bond acceptors (Lipinski definition) is 3. The molecule has 2 aromatic rings. The number of aliphatic hydroxyl groups is 1. The second-order valence-corrected chi connectivity index (χ2v) is 6.23. The third kappa shape index (κ3) is 4.25. The Balaban J connectivity index is 1.55. The van der Waals surface area contributed by atoms with Gasteiger partial charge in [0, 0.05) is 25.2 Å². The van der Waals surface area contributed by atoms with Gasteiger partial charge in [-0.2, -0.15) is 0 Å². The summed E-state index contributed by atoms with van der Waals surface area (Å²) in [5.74, 6) is -0.379. The highest BCUT2D eigenvalue weighted by Gasteiger charge is 2.19. The number of aliphatic hydroxyl groups excluding tert-OH is 1. The van der Waals surface area contributed by atoms with Gasteiger partial charge in [0.2, 0.25) is 0 Å². The van der Waals surface area contributed by atoms with Crippen molar-refractivity contribution in [1.29, 1.82) is 0 Å². The number of nitrogens with one attached hydrogen (secondary N) is 1. The lowest BCUT2D eigenvalue weighted by atomic mass is 10.1. The SMILES string of the molecule is O=C(NCc1ccc(C(=O)N2CCCC2)cc1)[C@@H](O)c1ccccc1. The molecule has 25 heavy (non-hydrogen) atoms. The molecule has 0 spiro atoms. The molecule has 1 heterocycles. The van der Waals surface area contributed by atoms with Crippen LogP contribution in [0.25, 0.3) is 0 Å². The number of amides is 2. The number of nitrogens with zero attached hydrogens (tertiary/aromatic N) is 1. The molecule has 5 heteroatoms. The number of benzene rings is 2. The van der Waals surface area contributed by atoms with Crippen molar-refractivity contribution >= 4 is 11.8 Å². The smallest absolute Gasteiger partial charge is 0.253 e. The van der Waals surface area contributed by atoms with Crippen LogP contribution < -0.4 is 5.32 Å². The Morgan fingerprint density at radius 1 is 1.00 bits per heavy atom. The Kier molecular flexibility index (Phi) is 5.46. The summed E-state index contributed by atoms with van der Waals surface area (Å²) in [7, 11) is 0. The summed E-state index contributed by atoms with van der Waals surface area (Å²) >= 11 is 0. The van der Waals surface area contributed by atoms with Crippen LogP contribution in [-0.4, -0.2) is 34.9 Å². The van der Waals surface area contributed by atoms with E-state index in [4.69, 9.17) is 0 Å². The summed E-state index contributed by atoms with van der Waals surface area (Å²) in [6, 6.07) is 16.1. The second kappa shape index (κ2) is 7.94. The van der Waals surface area contributed by atoms with E-state index in [1.54, 1.807) is 36.4 Å². The van der Waals surface area contributed by atoms with Gasteiger partial charge in [0.15, 0.2) is 6.10 Å². The third-order valence-corrected chi connectivity index (χ3v) is 4.42. The maximum absolute atomic E-state index is 12.3. The minimum absolute atomic E-state index is 0.0626. The van der Waals surface area contributed by atoms with E-state index in [-0.39, 0.29) is 5.91 Å². The minimum atomic E-state index is -1.18. The summed E-state index contributed by atoms with van der Waals surface area (Å²) in [4.78, 5) is 26.2. The molecule has 0 radical (unpaired) electrons. The molecule has 0 aromatic heterocycles. The van der Waals surface area contributed by atoms with E-state index < -0.39 is 12.0 Å². The number of carbonyl (C=O) groups is 2. The van der Waals surface area contributed by atoms with E-state index >= 15 is 0 Å². The molecule has 130 valence electrons. The number of likely N-dealkylation sites (tertiary alicyclic amines) is 1. The first-order chi connectivity index (χ1) is 12.1. The normalized spacial score (nSPS) is 15.0. The predicted octanol–water partition coefficient (Wildman–Crippen LogP) is 2.27. The Morgan fingerprint density at radius 3 is 2.28 bits per heavy atom. The molecular formula is C20H22N2O3. The van der Waals surface area contributed by atoms with Gasteiger partial charge in [-0.15, -0.1) is 0 Å². The molecule has 0 unspecified atom stereocenters. The van der Waals surface area contributed by atoms with Gasteiger partial charge in [-0.25, -0.2) is 0 Å². The third-order valence-electron chi connectivity index (χ3n) is 4.42. The first kappa shape index (κ1) is 17.2. The van der Waals surface area contributed by atoms with Crippen molar-refractivity contribution in [2.75, 3.05) is 13.1 Å². The molecule has 1 aliphatic heterocycles. The zero-order valence-electron chi connectivity index (χ0n) is 14.0. The fourth-order valence-corrected chi connectivity index (χ4v) is 2.94. The molecule has 0 bridgehead atoms. The molecule has 1 saturated heterocycles. The van der Waals surface area contributed by atoms with E-state index in [9.17, 15) is 14.7 Å². The molecule has 1 atom stereocenters. The van der Waals surface area contributed by atoms with Gasteiger partial charge in [0.25, 0.3) is 11.8 Å². The van der Waals surface area contributed by atoms with Gasteiger partial charge in [0.05, 0.1) is 0 Å². The fraction of sp³-hybridized carbons (Fsp3) is 0.300. The minimum Gasteiger partial charge on any atom is -0.378 e. The lowest BCUT2D eigenvalue weighted by Gasteiger charge is -2.15. The van der Waals surface area contributed by atoms with Crippen LogP contribution in [-0.2, 0) is 11.3 Å². The van der Waals surface area contributed by atoms with Crippen molar-refractivity contribution in [1.82, 2.24) is 10.2 Å². The summed E-state index contributed by atoms with van der Waals surface area (Å²) in [5, 5.41) is 12.8. The first-order valence-corrected chi connectivity index (χ1v) is 8.54. The van der Waals surface area contributed by atoms with Crippen molar-refractivity contribution in [2.45, 2.75) is 25.5 Å². The number of rotatable bonds is 5. The summed E-state index contributed by atoms with van der Waals surface area (Å²) < 4.78 is 0. The topological polar surface area (TPSA) is 69.6 Å². The van der Waals surface area contributed by atoms with Crippen LogP contribution >= 0.6 is 0 Å². The van der Waals surface area contributed by atoms with Crippen molar-refractivity contribution < 1.29 is 14.7 Å². The molecule has 1 aliphatic rings. The van der Waals surface area contributed by atoms with Crippen molar-refractivity contribution in [3.8, 4) is 0 Å². The Labute approximate surface area is 147 Å². The first-order valence-electron chi connectivity index (χ1n) is 8.54. The molecule has 2 aromatic carbocycles. The van der Waals surface area contributed by atoms with Gasteiger partial charge in [0.1, 0.15) is 0 Å². The summed E-state index contributed by atoms with van der Waals surface area (Å²) in [5.41, 5.74) is 2.11. The highest BCUT2D eigenvalue weighted by Crippen LogP contribution is 2.15. The number of hydrogen-bond donors (Lipinski definition) is 2. The van der Waals surface area contributed by atoms with Crippen LogP contribution in [0.2, 0.25) is 0 Å². The van der Waals surface area contributed by atoms with Crippen LogP contribution in [0.15, 0.2) is 54.6 Å². The average Bonchev–Trinajstić information content (AvgIpc) is 3.21. The Morgan fingerprint density at radius 2 is 1.64 bits per heavy atom. The molecule has 5 nitrogen and oxygen atoms in total. The maximum atomic E-state index is 12.3. The lowest BCUT2D eigenvalue weighted by molar-refractivity contribution is -0.129. The van der Waals surface area contributed by atoms with Crippen LogP contribution in [0.4, 0.5) is 0 Å². The lowest BCUT2D eigenvalue weighted by Crippen LogP contribution is -2.29. The quantitative estimate of drug-likeness (QED) is 0.879. The van der Waals surface area contributed by atoms with Gasteiger partial charge in [-0.1, -0.05) is 42.5 Å². The van der Waals surface area contributed by atoms with E-state index in [2.05, 4.69) is 5.32 Å². The maximum Gasteiger partial charge on any atom is 0.253 e. The van der Waals surface area contributed by atoms with Gasteiger partial charge < -0.3 is 15.3 Å². The molecule has 2 amide bonds. The van der Waals surface area contributed by atoms with Crippen LogP contribution in [0.3, 0.4) is 0 Å². The highest BCUT2D eigenvalue weighted by molar-refractivity contribution is 5.94. The van der Waals surface area contributed by atoms with Gasteiger partial charge in [-0.05, 0) is 36.1 Å². The molecule has 2 N–H and O–H groups in total. The molecular weight excluding hydrogens is 316 g/mol. The van der Waals surface area contributed by atoms with Crippen LogP contribution in [0.5, 0.6) is 0 Å². The standard InChI is InChI=1S/C20H22N2O3/c23-18(16-6-2-1-3-7-16)19(24)21-14-15-8-10-17(11-9-15)20(25)22-12-4-5-13-22/h1-3,6-11,18,23H,4-5,12-14H2,(H,21,24)/t18-/m0/s1. The van der Waals surface area contributed by atoms with E-state index in [1.807, 2.05) is 23.1 Å². The highest BCUT2D eigenvalue weighted by atomic mass is 16.3. The average molecular weight is 338 g/mol. The zero-order valence-corrected chi connectivity index (χ0v) is 14.0. The largest absolute Gasteiger partial charge is 0.378 e. The van der Waals surface area contributed by atoms with Crippen molar-refractivity contribution in [3.63, 3.8) is 0 Å². The fourth-order valence-electron chi connectivity index (χ4n) is 2.94. The molecule has 1 fully saturated rings. The van der Waals surface area contributed by atoms with E-state index in [0.717, 1.165) is 31.5 Å². The monoisotopic (exact) mass is 338 g/mol. The van der Waals surface area contributed by atoms with Crippen LogP contribution in [0, 0.1) is 0 Å². The van der Waals surface area contributed by atoms with Crippen molar-refractivity contribution in [3.05, 3.63) is 71.3 Å². The van der Waals surface area contributed by atoms with E-state index in [1.165, 1.54) is 0 Å². The van der Waals surface area contributed by atoms with Crippen molar-refractivity contribution in [2.24, 2.45) is 0 Å². The van der Waals surface area contributed by atoms with E-state index in [0.29, 0.717) is 17.7 Å². The van der Waals surface area contributed by atoms with Gasteiger partial charge >= 0.3 is 0 Å². The number of carbonyl (C=O) groups excluding carboxylic acids is 2. The molecule has 0 saturated carbocycles. The summed E-state index contributed by atoms with van der Waals surface area (Å²) in [6.07, 6.45) is 0.955. The predicted molar refractivity (Wildman–Crippen MR) is 94.8 cm³/mol. The second-order valence-electron chi connectivity index (χ2n) is 6.23.